The summed E-state index contributed by atoms with van der Waals surface area (Å²) in [6.45, 7) is 4.10. The van der Waals surface area contributed by atoms with Crippen molar-refractivity contribution >= 4 is 22.9 Å². The first-order chi connectivity index (χ1) is 6.33. The molecule has 1 aromatic heterocycles. The Hall–Kier alpha value is -0.0500. The number of hydrogen-bond donors (Lipinski definition) is 1. The molecule has 0 aromatic carbocycles. The number of alkyl halides is 1. The SMILES string of the molecule is CCC(Cl)CCNCc1ccsc1. The van der Waals surface area contributed by atoms with E-state index in [1.54, 1.807) is 11.3 Å². The van der Waals surface area contributed by atoms with Gasteiger partial charge in [-0.3, -0.25) is 0 Å². The fourth-order valence-electron chi connectivity index (χ4n) is 1.09. The number of hydrogen-bond acceptors (Lipinski definition) is 2. The molecule has 0 aliphatic rings. The molecule has 0 radical (unpaired) electrons. The van der Waals surface area contributed by atoms with E-state index in [0.29, 0.717) is 5.38 Å². The van der Waals surface area contributed by atoms with Crippen LogP contribution in [0.15, 0.2) is 16.8 Å². The Morgan fingerprint density at radius 1 is 1.62 bits per heavy atom. The standard InChI is InChI=1S/C10H16ClNS/c1-2-10(11)3-5-12-7-9-4-6-13-8-9/h4,6,8,10,12H,2-3,5,7H2,1H3. The first-order valence-corrected chi connectivity index (χ1v) is 6.06. The molecule has 3 heteroatoms. The lowest BCUT2D eigenvalue weighted by Crippen LogP contribution is -2.17. The number of halogens is 1. The summed E-state index contributed by atoms with van der Waals surface area (Å²) in [5.74, 6) is 0. The molecule has 1 N–H and O–H groups in total. The number of thiophene rings is 1. The van der Waals surface area contributed by atoms with E-state index in [2.05, 4.69) is 29.1 Å². The minimum Gasteiger partial charge on any atom is -0.313 e. The summed E-state index contributed by atoms with van der Waals surface area (Å²) >= 11 is 7.73. The van der Waals surface area contributed by atoms with Crippen LogP contribution >= 0.6 is 22.9 Å². The maximum Gasteiger partial charge on any atom is 0.0345 e. The monoisotopic (exact) mass is 217 g/mol. The Morgan fingerprint density at radius 2 is 2.46 bits per heavy atom. The average Bonchev–Trinajstić information content (AvgIpc) is 2.64. The van der Waals surface area contributed by atoms with Crippen LogP contribution in [0.4, 0.5) is 0 Å². The molecule has 1 rings (SSSR count). The van der Waals surface area contributed by atoms with Crippen molar-refractivity contribution in [1.29, 1.82) is 0 Å². The molecule has 0 amide bonds. The van der Waals surface area contributed by atoms with Gasteiger partial charge in [0.1, 0.15) is 0 Å². The van der Waals surface area contributed by atoms with Crippen LogP contribution in [0.2, 0.25) is 0 Å². The third-order valence-electron chi connectivity index (χ3n) is 1.99. The Labute approximate surface area is 89.1 Å². The number of nitrogens with one attached hydrogen (secondary N) is 1. The third-order valence-corrected chi connectivity index (χ3v) is 3.25. The molecule has 1 aromatic rings. The van der Waals surface area contributed by atoms with Crippen LogP contribution in [0.3, 0.4) is 0 Å². The van der Waals surface area contributed by atoms with Gasteiger partial charge in [0.2, 0.25) is 0 Å². The largest absolute Gasteiger partial charge is 0.313 e. The van der Waals surface area contributed by atoms with Gasteiger partial charge in [-0.05, 0) is 41.8 Å². The van der Waals surface area contributed by atoms with Crippen molar-refractivity contribution in [2.45, 2.75) is 31.7 Å². The highest BCUT2D eigenvalue weighted by Gasteiger charge is 1.99. The summed E-state index contributed by atoms with van der Waals surface area (Å²) in [6.07, 6.45) is 2.11. The first-order valence-electron chi connectivity index (χ1n) is 4.68. The van der Waals surface area contributed by atoms with Crippen molar-refractivity contribution in [2.24, 2.45) is 0 Å². The molecule has 0 saturated heterocycles. The van der Waals surface area contributed by atoms with Crippen LogP contribution in [0.25, 0.3) is 0 Å². The molecule has 0 bridgehead atoms. The van der Waals surface area contributed by atoms with Crippen molar-refractivity contribution in [3.05, 3.63) is 22.4 Å². The Morgan fingerprint density at radius 3 is 3.08 bits per heavy atom. The van der Waals surface area contributed by atoms with Gasteiger partial charge in [-0.25, -0.2) is 0 Å². The quantitative estimate of drug-likeness (QED) is 0.570. The molecule has 0 spiro atoms. The van der Waals surface area contributed by atoms with Crippen LogP contribution in [0.5, 0.6) is 0 Å². The summed E-state index contributed by atoms with van der Waals surface area (Å²) in [4.78, 5) is 0. The van der Waals surface area contributed by atoms with E-state index in [1.807, 2.05) is 0 Å². The first kappa shape index (κ1) is 11.0. The van der Waals surface area contributed by atoms with Crippen LogP contribution in [-0.2, 0) is 6.54 Å². The summed E-state index contributed by atoms with van der Waals surface area (Å²) < 4.78 is 0. The van der Waals surface area contributed by atoms with Gasteiger partial charge in [0.05, 0.1) is 0 Å². The lowest BCUT2D eigenvalue weighted by molar-refractivity contribution is 0.622. The second-order valence-corrected chi connectivity index (χ2v) is 4.50. The molecule has 0 fully saturated rings. The van der Waals surface area contributed by atoms with Crippen molar-refractivity contribution in [3.63, 3.8) is 0 Å². The van der Waals surface area contributed by atoms with E-state index >= 15 is 0 Å². The number of rotatable bonds is 6. The maximum absolute atomic E-state index is 5.99. The fraction of sp³-hybridized carbons (Fsp3) is 0.600. The van der Waals surface area contributed by atoms with Gasteiger partial charge in [-0.2, -0.15) is 11.3 Å². The summed E-state index contributed by atoms with van der Waals surface area (Å²) in [6, 6.07) is 2.15. The van der Waals surface area contributed by atoms with E-state index in [1.165, 1.54) is 5.56 Å². The molecule has 0 aliphatic carbocycles. The van der Waals surface area contributed by atoms with Gasteiger partial charge in [-0.1, -0.05) is 6.92 Å². The minimum atomic E-state index is 0.329. The van der Waals surface area contributed by atoms with Crippen molar-refractivity contribution in [2.75, 3.05) is 6.54 Å². The maximum atomic E-state index is 5.99. The van der Waals surface area contributed by atoms with Crippen molar-refractivity contribution in [1.82, 2.24) is 5.32 Å². The molecule has 1 atom stereocenters. The van der Waals surface area contributed by atoms with Gasteiger partial charge < -0.3 is 5.32 Å². The van der Waals surface area contributed by atoms with Crippen molar-refractivity contribution < 1.29 is 0 Å². The average molecular weight is 218 g/mol. The van der Waals surface area contributed by atoms with Crippen molar-refractivity contribution in [3.8, 4) is 0 Å². The zero-order chi connectivity index (χ0) is 9.52. The summed E-state index contributed by atoms with van der Waals surface area (Å²) in [7, 11) is 0. The highest BCUT2D eigenvalue weighted by Crippen LogP contribution is 2.07. The summed E-state index contributed by atoms with van der Waals surface area (Å²) in [5.41, 5.74) is 1.37. The molecule has 13 heavy (non-hydrogen) atoms. The van der Waals surface area contributed by atoms with Crippen LogP contribution in [-0.4, -0.2) is 11.9 Å². The van der Waals surface area contributed by atoms with Gasteiger partial charge in [-0.15, -0.1) is 11.6 Å². The predicted molar refractivity (Wildman–Crippen MR) is 60.6 cm³/mol. The van der Waals surface area contributed by atoms with E-state index in [-0.39, 0.29) is 0 Å². The Bertz CT molecular complexity index is 211. The molecule has 1 heterocycles. The summed E-state index contributed by atoms with van der Waals surface area (Å²) in [5, 5.41) is 7.98. The normalized spacial score (nSPS) is 13.1. The molecule has 0 aliphatic heterocycles. The molecule has 1 unspecified atom stereocenters. The highest BCUT2D eigenvalue weighted by molar-refractivity contribution is 7.07. The molecular weight excluding hydrogens is 202 g/mol. The van der Waals surface area contributed by atoms with Crippen LogP contribution in [0, 0.1) is 0 Å². The Kier molecular flexibility index (Phi) is 5.44. The van der Waals surface area contributed by atoms with Crippen LogP contribution < -0.4 is 5.32 Å². The lowest BCUT2D eigenvalue weighted by Gasteiger charge is -2.06. The van der Waals surface area contributed by atoms with Gasteiger partial charge >= 0.3 is 0 Å². The molecule has 1 nitrogen and oxygen atoms in total. The zero-order valence-corrected chi connectivity index (χ0v) is 9.50. The highest BCUT2D eigenvalue weighted by atomic mass is 35.5. The second kappa shape index (κ2) is 6.41. The zero-order valence-electron chi connectivity index (χ0n) is 7.92. The lowest BCUT2D eigenvalue weighted by atomic mass is 10.2. The minimum absolute atomic E-state index is 0.329. The van der Waals surface area contributed by atoms with E-state index < -0.39 is 0 Å². The third kappa shape index (κ3) is 4.65. The topological polar surface area (TPSA) is 12.0 Å². The second-order valence-electron chi connectivity index (χ2n) is 3.10. The molecule has 0 saturated carbocycles. The molecule has 74 valence electrons. The smallest absolute Gasteiger partial charge is 0.0345 e. The van der Waals surface area contributed by atoms with Gasteiger partial charge in [0.15, 0.2) is 0 Å². The van der Waals surface area contributed by atoms with Crippen LogP contribution in [0.1, 0.15) is 25.3 Å². The van der Waals surface area contributed by atoms with E-state index in [0.717, 1.165) is 25.9 Å². The fourth-order valence-corrected chi connectivity index (χ4v) is 1.87. The van der Waals surface area contributed by atoms with Gasteiger partial charge in [0.25, 0.3) is 0 Å². The molecular formula is C10H16ClNS. The predicted octanol–water partition coefficient (Wildman–Crippen LogP) is 3.25. The van der Waals surface area contributed by atoms with Gasteiger partial charge in [0, 0.05) is 11.9 Å². The van der Waals surface area contributed by atoms with E-state index in [9.17, 15) is 0 Å². The van der Waals surface area contributed by atoms with E-state index in [4.69, 9.17) is 11.6 Å². The Balaban J connectivity index is 2.02.